The lowest BCUT2D eigenvalue weighted by molar-refractivity contribution is -0.167. The van der Waals surface area contributed by atoms with Gasteiger partial charge in [-0.25, -0.2) is 0 Å². The first-order valence-electron chi connectivity index (χ1n) is 29.3. The van der Waals surface area contributed by atoms with Crippen molar-refractivity contribution >= 4 is 17.9 Å². The topological polar surface area (TPSA) is 78.9 Å². The average molecular weight is 920 g/mol. The molecule has 0 aromatic rings. The Balaban J connectivity index is 4.21. The lowest BCUT2D eigenvalue weighted by Gasteiger charge is -2.18. The van der Waals surface area contributed by atoms with Crippen LogP contribution in [-0.4, -0.2) is 37.2 Å². The Morgan fingerprint density at radius 2 is 0.538 bits per heavy atom. The van der Waals surface area contributed by atoms with E-state index >= 15 is 0 Å². The van der Waals surface area contributed by atoms with E-state index in [0.29, 0.717) is 19.3 Å². The molecule has 2 unspecified atom stereocenters. The van der Waals surface area contributed by atoms with Gasteiger partial charge in [-0.2, -0.15) is 0 Å². The quantitative estimate of drug-likeness (QED) is 0.0344. The molecule has 6 heteroatoms. The van der Waals surface area contributed by atoms with Gasteiger partial charge in [0.05, 0.1) is 0 Å². The fraction of sp³-hybridized carbons (Fsp3) is 0.949. The van der Waals surface area contributed by atoms with Crippen LogP contribution in [0.2, 0.25) is 0 Å². The Hall–Kier alpha value is -1.59. The monoisotopic (exact) mass is 919 g/mol. The summed E-state index contributed by atoms with van der Waals surface area (Å²) in [6, 6.07) is 0. The highest BCUT2D eigenvalue weighted by Gasteiger charge is 2.19. The SMILES string of the molecule is CCCCCCCCCCCCCCCC(=O)OC[C@@H](COC(=O)CCCCCCCCCCCCCCCCCCCCC(C)CC)OC(=O)CCCCCCCCCCC(C)CC. The molecule has 0 aromatic carbocycles. The van der Waals surface area contributed by atoms with Crippen LogP contribution in [0.15, 0.2) is 0 Å². The van der Waals surface area contributed by atoms with Crippen molar-refractivity contribution < 1.29 is 28.6 Å². The maximum Gasteiger partial charge on any atom is 0.306 e. The lowest BCUT2D eigenvalue weighted by Crippen LogP contribution is -2.30. The zero-order valence-corrected chi connectivity index (χ0v) is 44.6. The van der Waals surface area contributed by atoms with Crippen LogP contribution in [0.3, 0.4) is 0 Å². The van der Waals surface area contributed by atoms with E-state index in [1.165, 1.54) is 218 Å². The summed E-state index contributed by atoms with van der Waals surface area (Å²) < 4.78 is 16.9. The van der Waals surface area contributed by atoms with E-state index in [1.54, 1.807) is 0 Å². The maximum atomic E-state index is 12.8. The van der Waals surface area contributed by atoms with Crippen LogP contribution in [-0.2, 0) is 28.6 Å². The van der Waals surface area contributed by atoms with Gasteiger partial charge in [0.25, 0.3) is 0 Å². The molecule has 0 N–H and O–H groups in total. The summed E-state index contributed by atoms with van der Waals surface area (Å²) in [4.78, 5) is 38.1. The van der Waals surface area contributed by atoms with Crippen molar-refractivity contribution in [3.63, 3.8) is 0 Å². The zero-order valence-electron chi connectivity index (χ0n) is 44.6. The first-order valence-corrected chi connectivity index (χ1v) is 29.3. The highest BCUT2D eigenvalue weighted by atomic mass is 16.6. The minimum atomic E-state index is -0.763. The molecule has 0 fully saturated rings. The van der Waals surface area contributed by atoms with E-state index in [2.05, 4.69) is 34.6 Å². The van der Waals surface area contributed by atoms with E-state index in [9.17, 15) is 14.4 Å². The van der Waals surface area contributed by atoms with Crippen molar-refractivity contribution in [2.45, 2.75) is 336 Å². The van der Waals surface area contributed by atoms with Crippen LogP contribution >= 0.6 is 0 Å². The van der Waals surface area contributed by atoms with Gasteiger partial charge in [-0.15, -0.1) is 0 Å². The zero-order chi connectivity index (χ0) is 47.5. The molecule has 6 nitrogen and oxygen atoms in total. The number of ether oxygens (including phenoxy) is 3. The minimum Gasteiger partial charge on any atom is -0.462 e. The van der Waals surface area contributed by atoms with Crippen LogP contribution in [0.4, 0.5) is 0 Å². The van der Waals surface area contributed by atoms with E-state index < -0.39 is 6.10 Å². The first-order chi connectivity index (χ1) is 31.8. The lowest BCUT2D eigenvalue weighted by atomic mass is 9.99. The van der Waals surface area contributed by atoms with Crippen molar-refractivity contribution in [3.05, 3.63) is 0 Å². The van der Waals surface area contributed by atoms with Gasteiger partial charge >= 0.3 is 17.9 Å². The Bertz CT molecular complexity index is 997. The molecular weight excluding hydrogens is 805 g/mol. The Morgan fingerprint density at radius 1 is 0.308 bits per heavy atom. The van der Waals surface area contributed by atoms with Crippen molar-refractivity contribution in [2.75, 3.05) is 13.2 Å². The Labute approximate surface area is 406 Å². The third-order valence-electron chi connectivity index (χ3n) is 14.2. The number of esters is 3. The summed E-state index contributed by atoms with van der Waals surface area (Å²) in [7, 11) is 0. The molecule has 0 radical (unpaired) electrons. The van der Waals surface area contributed by atoms with Gasteiger partial charge in [0.2, 0.25) is 0 Å². The molecule has 0 amide bonds. The van der Waals surface area contributed by atoms with E-state index in [-0.39, 0.29) is 31.1 Å². The van der Waals surface area contributed by atoms with Crippen molar-refractivity contribution in [3.8, 4) is 0 Å². The maximum absolute atomic E-state index is 12.8. The molecule has 0 saturated carbocycles. The molecule has 3 atom stereocenters. The second kappa shape index (κ2) is 51.8. The highest BCUT2D eigenvalue weighted by Crippen LogP contribution is 2.19. The van der Waals surface area contributed by atoms with Crippen LogP contribution < -0.4 is 0 Å². The third-order valence-corrected chi connectivity index (χ3v) is 14.2. The fourth-order valence-corrected chi connectivity index (χ4v) is 8.99. The molecule has 0 bridgehead atoms. The predicted molar refractivity (Wildman–Crippen MR) is 280 cm³/mol. The summed E-state index contributed by atoms with van der Waals surface area (Å²) in [5.74, 6) is 0.913. The fourth-order valence-electron chi connectivity index (χ4n) is 8.99. The predicted octanol–water partition coefficient (Wildman–Crippen LogP) is 19.3. The second-order valence-corrected chi connectivity index (χ2v) is 20.8. The van der Waals surface area contributed by atoms with E-state index in [1.807, 2.05) is 0 Å². The Kier molecular flexibility index (Phi) is 50.5. The van der Waals surface area contributed by atoms with Gasteiger partial charge in [0.1, 0.15) is 13.2 Å². The van der Waals surface area contributed by atoms with Crippen LogP contribution in [0.1, 0.15) is 330 Å². The van der Waals surface area contributed by atoms with Gasteiger partial charge < -0.3 is 14.2 Å². The van der Waals surface area contributed by atoms with Crippen molar-refractivity contribution in [2.24, 2.45) is 11.8 Å². The highest BCUT2D eigenvalue weighted by molar-refractivity contribution is 5.71. The first kappa shape index (κ1) is 63.4. The molecule has 65 heavy (non-hydrogen) atoms. The van der Waals surface area contributed by atoms with Crippen LogP contribution in [0, 0.1) is 11.8 Å². The summed E-state index contributed by atoms with van der Waals surface area (Å²) in [6.45, 7) is 11.5. The van der Waals surface area contributed by atoms with Gasteiger partial charge in [-0.05, 0) is 31.1 Å². The molecule has 0 spiro atoms. The number of carbonyl (C=O) groups excluding carboxylic acids is 3. The second-order valence-electron chi connectivity index (χ2n) is 20.8. The van der Waals surface area contributed by atoms with Crippen LogP contribution in [0.25, 0.3) is 0 Å². The van der Waals surface area contributed by atoms with Gasteiger partial charge in [0.15, 0.2) is 6.10 Å². The van der Waals surface area contributed by atoms with E-state index in [4.69, 9.17) is 14.2 Å². The average Bonchev–Trinajstić information content (AvgIpc) is 3.30. The smallest absolute Gasteiger partial charge is 0.306 e. The molecular formula is C59H114O6. The standard InChI is InChI=1S/C59H114O6/c1-6-9-10-11-12-13-14-21-25-28-34-39-44-49-57(60)63-52-56(65-59(62)51-46-41-36-31-30-33-38-43-48-55(5)8-3)53-64-58(61)50-45-40-35-29-26-23-20-18-16-15-17-19-22-24-27-32-37-42-47-54(4)7-2/h54-56H,6-53H2,1-5H3/t54?,55?,56-/m0/s1. The van der Waals surface area contributed by atoms with Crippen molar-refractivity contribution in [1.82, 2.24) is 0 Å². The third kappa shape index (κ3) is 50.1. The van der Waals surface area contributed by atoms with Crippen LogP contribution in [0.5, 0.6) is 0 Å². The normalized spacial score (nSPS) is 12.9. The Morgan fingerprint density at radius 3 is 0.800 bits per heavy atom. The largest absolute Gasteiger partial charge is 0.462 e. The molecule has 0 saturated heterocycles. The number of rotatable bonds is 53. The van der Waals surface area contributed by atoms with E-state index in [0.717, 1.165) is 69.6 Å². The summed E-state index contributed by atoms with van der Waals surface area (Å²) in [6.07, 6.45) is 55.2. The molecule has 0 rings (SSSR count). The summed E-state index contributed by atoms with van der Waals surface area (Å²) in [5.41, 5.74) is 0. The molecule has 386 valence electrons. The summed E-state index contributed by atoms with van der Waals surface area (Å²) >= 11 is 0. The molecule has 0 aliphatic rings. The van der Waals surface area contributed by atoms with Gasteiger partial charge in [-0.3, -0.25) is 14.4 Å². The number of hydrogen-bond donors (Lipinski definition) is 0. The number of hydrogen-bond acceptors (Lipinski definition) is 6. The van der Waals surface area contributed by atoms with Crippen molar-refractivity contribution in [1.29, 1.82) is 0 Å². The van der Waals surface area contributed by atoms with Gasteiger partial charge in [0, 0.05) is 19.3 Å². The molecule has 0 aliphatic heterocycles. The minimum absolute atomic E-state index is 0.0631. The molecule has 0 aliphatic carbocycles. The number of carbonyl (C=O) groups is 3. The molecule has 0 heterocycles. The molecule has 0 aromatic heterocycles. The van der Waals surface area contributed by atoms with Gasteiger partial charge in [-0.1, -0.05) is 291 Å². The summed E-state index contributed by atoms with van der Waals surface area (Å²) in [5, 5.41) is 0. The number of unbranched alkanes of at least 4 members (excludes halogenated alkanes) is 36.